The van der Waals surface area contributed by atoms with Gasteiger partial charge in [0.25, 0.3) is 0 Å². The van der Waals surface area contributed by atoms with E-state index in [0.717, 1.165) is 12.1 Å². The maximum atomic E-state index is 9.01. The molecule has 0 aliphatic carbocycles. The Morgan fingerprint density at radius 1 is 1.55 bits per heavy atom. The molecule has 0 amide bonds. The van der Waals surface area contributed by atoms with E-state index < -0.39 is 6.23 Å². The van der Waals surface area contributed by atoms with Gasteiger partial charge in [0, 0.05) is 5.70 Å². The van der Waals surface area contributed by atoms with Crippen molar-refractivity contribution in [1.29, 1.82) is 0 Å². The fourth-order valence-electron chi connectivity index (χ4n) is 1.15. The zero-order chi connectivity index (χ0) is 8.10. The third kappa shape index (κ3) is 2.91. The Morgan fingerprint density at radius 3 is 2.91 bits per heavy atom. The van der Waals surface area contributed by atoms with Crippen molar-refractivity contribution in [2.45, 2.75) is 38.8 Å². The highest BCUT2D eigenvalue weighted by Gasteiger charge is 2.09. The smallest absolute Gasteiger partial charge is 0.142 e. The summed E-state index contributed by atoms with van der Waals surface area (Å²) in [6.45, 7) is 2.18. The summed E-state index contributed by atoms with van der Waals surface area (Å²) in [5.74, 6) is 0. The van der Waals surface area contributed by atoms with E-state index in [1.165, 1.54) is 19.3 Å². The SMILES string of the molecule is CCCCCC1=CC(O)NN1. The summed E-state index contributed by atoms with van der Waals surface area (Å²) in [5.41, 5.74) is 6.75. The summed E-state index contributed by atoms with van der Waals surface area (Å²) >= 11 is 0. The molecule has 1 aliphatic heterocycles. The van der Waals surface area contributed by atoms with Gasteiger partial charge < -0.3 is 10.5 Å². The fraction of sp³-hybridized carbons (Fsp3) is 0.750. The molecule has 0 spiro atoms. The predicted molar refractivity (Wildman–Crippen MR) is 44.5 cm³/mol. The van der Waals surface area contributed by atoms with Gasteiger partial charge in [0.05, 0.1) is 0 Å². The molecule has 64 valence electrons. The van der Waals surface area contributed by atoms with Crippen LogP contribution < -0.4 is 10.9 Å². The van der Waals surface area contributed by atoms with E-state index in [4.69, 9.17) is 5.11 Å². The topological polar surface area (TPSA) is 44.3 Å². The normalized spacial score (nSPS) is 23.1. The number of allylic oxidation sites excluding steroid dienone is 1. The van der Waals surface area contributed by atoms with Crippen LogP contribution >= 0.6 is 0 Å². The van der Waals surface area contributed by atoms with Crippen LogP contribution in [0.2, 0.25) is 0 Å². The van der Waals surface area contributed by atoms with Crippen LogP contribution in [0.15, 0.2) is 11.8 Å². The Morgan fingerprint density at radius 2 is 2.36 bits per heavy atom. The van der Waals surface area contributed by atoms with Crippen molar-refractivity contribution >= 4 is 0 Å². The molecule has 0 saturated carbocycles. The van der Waals surface area contributed by atoms with Gasteiger partial charge >= 0.3 is 0 Å². The molecule has 1 aliphatic rings. The molecule has 0 radical (unpaired) electrons. The molecule has 0 aromatic rings. The number of hydrazine groups is 1. The van der Waals surface area contributed by atoms with Crippen LogP contribution in [0.3, 0.4) is 0 Å². The molecular formula is C8H16N2O. The van der Waals surface area contributed by atoms with Gasteiger partial charge in [-0.05, 0) is 18.9 Å². The highest BCUT2D eigenvalue weighted by Crippen LogP contribution is 2.08. The highest BCUT2D eigenvalue weighted by molar-refractivity contribution is 5.06. The van der Waals surface area contributed by atoms with Crippen molar-refractivity contribution in [3.63, 3.8) is 0 Å². The molecular weight excluding hydrogens is 140 g/mol. The Labute approximate surface area is 67.5 Å². The standard InChI is InChI=1S/C8H16N2O/c1-2-3-4-5-7-6-8(11)10-9-7/h6,8-11H,2-5H2,1H3. The molecule has 3 N–H and O–H groups in total. The average Bonchev–Trinajstić information content (AvgIpc) is 2.37. The maximum absolute atomic E-state index is 9.01. The van der Waals surface area contributed by atoms with E-state index in [9.17, 15) is 0 Å². The molecule has 0 saturated heterocycles. The van der Waals surface area contributed by atoms with Gasteiger partial charge in [0.2, 0.25) is 0 Å². The van der Waals surface area contributed by atoms with Crippen molar-refractivity contribution in [1.82, 2.24) is 10.9 Å². The Kier molecular flexibility index (Phi) is 3.39. The largest absolute Gasteiger partial charge is 0.373 e. The molecule has 0 fully saturated rings. The minimum atomic E-state index is -0.494. The van der Waals surface area contributed by atoms with E-state index in [1.54, 1.807) is 0 Å². The first kappa shape index (κ1) is 8.56. The number of hydrogen-bond donors (Lipinski definition) is 3. The number of aliphatic hydroxyl groups excluding tert-OH is 1. The van der Waals surface area contributed by atoms with E-state index in [1.807, 2.05) is 6.08 Å². The van der Waals surface area contributed by atoms with Crippen LogP contribution in [0.5, 0.6) is 0 Å². The van der Waals surface area contributed by atoms with Crippen LogP contribution in [-0.2, 0) is 0 Å². The molecule has 3 nitrogen and oxygen atoms in total. The molecule has 3 heteroatoms. The lowest BCUT2D eigenvalue weighted by atomic mass is 10.1. The van der Waals surface area contributed by atoms with E-state index >= 15 is 0 Å². The minimum Gasteiger partial charge on any atom is -0.373 e. The molecule has 1 heterocycles. The van der Waals surface area contributed by atoms with Gasteiger partial charge in [-0.1, -0.05) is 19.8 Å². The summed E-state index contributed by atoms with van der Waals surface area (Å²) in [4.78, 5) is 0. The summed E-state index contributed by atoms with van der Waals surface area (Å²) in [6.07, 6.45) is 6.06. The van der Waals surface area contributed by atoms with Gasteiger partial charge in [-0.15, -0.1) is 0 Å². The number of hydrogen-bond acceptors (Lipinski definition) is 3. The number of unbranched alkanes of at least 4 members (excludes halogenated alkanes) is 2. The summed E-state index contributed by atoms with van der Waals surface area (Å²) in [6, 6.07) is 0. The van der Waals surface area contributed by atoms with Crippen molar-refractivity contribution in [3.8, 4) is 0 Å². The first-order valence-corrected chi connectivity index (χ1v) is 4.23. The predicted octanol–water partition coefficient (Wildman–Crippen LogP) is 0.877. The summed E-state index contributed by atoms with van der Waals surface area (Å²) < 4.78 is 0. The number of rotatable bonds is 4. The van der Waals surface area contributed by atoms with Gasteiger partial charge in [0.15, 0.2) is 0 Å². The minimum absolute atomic E-state index is 0.494. The lowest BCUT2D eigenvalue weighted by Crippen LogP contribution is -2.31. The first-order valence-electron chi connectivity index (χ1n) is 4.23. The van der Waals surface area contributed by atoms with E-state index in [2.05, 4.69) is 17.8 Å². The second-order valence-electron chi connectivity index (χ2n) is 2.86. The van der Waals surface area contributed by atoms with Crippen molar-refractivity contribution in [3.05, 3.63) is 11.8 Å². The van der Waals surface area contributed by atoms with Crippen molar-refractivity contribution in [2.24, 2.45) is 0 Å². The lowest BCUT2D eigenvalue weighted by molar-refractivity contribution is 0.185. The van der Waals surface area contributed by atoms with Crippen LogP contribution in [-0.4, -0.2) is 11.3 Å². The fourth-order valence-corrected chi connectivity index (χ4v) is 1.15. The molecule has 1 atom stereocenters. The van der Waals surface area contributed by atoms with E-state index in [0.29, 0.717) is 0 Å². The molecule has 11 heavy (non-hydrogen) atoms. The quantitative estimate of drug-likeness (QED) is 0.529. The number of nitrogens with one attached hydrogen (secondary N) is 2. The second-order valence-corrected chi connectivity index (χ2v) is 2.86. The summed E-state index contributed by atoms with van der Waals surface area (Å²) in [5, 5.41) is 9.01. The monoisotopic (exact) mass is 156 g/mol. The zero-order valence-corrected chi connectivity index (χ0v) is 6.93. The van der Waals surface area contributed by atoms with Crippen LogP contribution in [0.4, 0.5) is 0 Å². The van der Waals surface area contributed by atoms with Gasteiger partial charge in [-0.2, -0.15) is 0 Å². The third-order valence-electron chi connectivity index (χ3n) is 1.79. The second kappa shape index (κ2) is 4.36. The molecule has 0 bridgehead atoms. The van der Waals surface area contributed by atoms with Gasteiger partial charge in [-0.25, -0.2) is 5.43 Å². The van der Waals surface area contributed by atoms with Crippen LogP contribution in [0.1, 0.15) is 32.6 Å². The van der Waals surface area contributed by atoms with Gasteiger partial charge in [0.1, 0.15) is 6.23 Å². The molecule has 1 unspecified atom stereocenters. The van der Waals surface area contributed by atoms with Gasteiger partial charge in [-0.3, -0.25) is 0 Å². The lowest BCUT2D eigenvalue weighted by Gasteiger charge is -2.02. The van der Waals surface area contributed by atoms with Crippen molar-refractivity contribution < 1.29 is 5.11 Å². The molecule has 1 rings (SSSR count). The summed E-state index contributed by atoms with van der Waals surface area (Å²) in [7, 11) is 0. The van der Waals surface area contributed by atoms with Crippen molar-refractivity contribution in [2.75, 3.05) is 0 Å². The average molecular weight is 156 g/mol. The maximum Gasteiger partial charge on any atom is 0.142 e. The highest BCUT2D eigenvalue weighted by atomic mass is 16.3. The molecule has 0 aromatic heterocycles. The Hall–Kier alpha value is -0.540. The Bertz CT molecular complexity index is 145. The number of aliphatic hydroxyl groups is 1. The third-order valence-corrected chi connectivity index (χ3v) is 1.79. The Balaban J connectivity index is 2.12. The van der Waals surface area contributed by atoms with Crippen LogP contribution in [0.25, 0.3) is 0 Å². The first-order chi connectivity index (χ1) is 5.33. The van der Waals surface area contributed by atoms with Crippen LogP contribution in [0, 0.1) is 0 Å². The molecule has 0 aromatic carbocycles. The zero-order valence-electron chi connectivity index (χ0n) is 6.93. The van der Waals surface area contributed by atoms with E-state index in [-0.39, 0.29) is 0 Å².